The summed E-state index contributed by atoms with van der Waals surface area (Å²) in [5.41, 5.74) is 9.60. The van der Waals surface area contributed by atoms with E-state index in [2.05, 4.69) is 54.8 Å². The third kappa shape index (κ3) is 2.34. The van der Waals surface area contributed by atoms with E-state index in [1.165, 1.54) is 15.7 Å². The lowest BCUT2D eigenvalue weighted by Crippen LogP contribution is -1.95. The van der Waals surface area contributed by atoms with Gasteiger partial charge in [-0.1, -0.05) is 60.1 Å². The average molecular weight is 350 g/mol. The molecule has 1 nitrogen and oxygen atoms in total. The van der Waals surface area contributed by atoms with Crippen LogP contribution in [-0.2, 0) is 0 Å². The Balaban J connectivity index is 2.23. The van der Waals surface area contributed by atoms with Gasteiger partial charge in [0, 0.05) is 26.6 Å². The van der Waals surface area contributed by atoms with Crippen molar-refractivity contribution in [1.29, 1.82) is 0 Å². The van der Waals surface area contributed by atoms with Crippen molar-refractivity contribution in [2.24, 2.45) is 0 Å². The van der Waals surface area contributed by atoms with E-state index >= 15 is 0 Å². The second-order valence-electron chi connectivity index (χ2n) is 5.72. The van der Waals surface area contributed by atoms with Crippen LogP contribution in [0.1, 0.15) is 0 Å². The third-order valence-corrected chi connectivity index (χ3v) is 5.43. The minimum Gasteiger partial charge on any atom is -0.398 e. The molecule has 0 amide bonds. The van der Waals surface area contributed by atoms with Crippen LogP contribution in [0.2, 0.25) is 5.02 Å². The molecule has 0 aliphatic rings. The molecule has 24 heavy (non-hydrogen) atoms. The molecule has 0 unspecified atom stereocenters. The van der Waals surface area contributed by atoms with Crippen LogP contribution in [0.3, 0.4) is 0 Å². The first-order valence-corrected chi connectivity index (χ1v) is 9.34. The largest absolute Gasteiger partial charge is 0.398 e. The van der Waals surface area contributed by atoms with Crippen LogP contribution in [0.5, 0.6) is 0 Å². The van der Waals surface area contributed by atoms with Gasteiger partial charge in [-0.2, -0.15) is 0 Å². The van der Waals surface area contributed by atoms with Gasteiger partial charge >= 0.3 is 0 Å². The molecule has 4 aromatic carbocycles. The Hall–Kier alpha value is -2.16. The van der Waals surface area contributed by atoms with Crippen LogP contribution in [0.15, 0.2) is 71.6 Å². The molecule has 0 bridgehead atoms. The molecular formula is C21H16ClNS. The number of rotatable bonds is 2. The fourth-order valence-corrected chi connectivity index (χ4v) is 4.09. The molecule has 0 aromatic heterocycles. The summed E-state index contributed by atoms with van der Waals surface area (Å²) in [7, 11) is 0. The summed E-state index contributed by atoms with van der Waals surface area (Å²) >= 11 is 8.00. The second kappa shape index (κ2) is 6.04. The van der Waals surface area contributed by atoms with Crippen molar-refractivity contribution in [2.45, 2.75) is 4.90 Å². The van der Waals surface area contributed by atoms with Gasteiger partial charge in [-0.15, -0.1) is 11.8 Å². The molecule has 0 spiro atoms. The summed E-state index contributed by atoms with van der Waals surface area (Å²) in [6.07, 6.45) is 2.08. The highest BCUT2D eigenvalue weighted by molar-refractivity contribution is 7.98. The molecule has 0 aliphatic heterocycles. The van der Waals surface area contributed by atoms with Crippen LogP contribution in [-0.4, -0.2) is 6.26 Å². The van der Waals surface area contributed by atoms with Crippen LogP contribution in [0.25, 0.3) is 32.7 Å². The SMILES string of the molecule is CSc1ccc(Cl)cc1-c1c(N)c2ccccc2c2ccccc12. The molecule has 0 aliphatic carbocycles. The predicted molar refractivity (Wildman–Crippen MR) is 108 cm³/mol. The van der Waals surface area contributed by atoms with E-state index in [1.807, 2.05) is 18.2 Å². The molecule has 4 rings (SSSR count). The van der Waals surface area contributed by atoms with E-state index < -0.39 is 0 Å². The van der Waals surface area contributed by atoms with Gasteiger partial charge in [0.05, 0.1) is 0 Å². The Bertz CT molecular complexity index is 1070. The maximum absolute atomic E-state index is 6.64. The maximum Gasteiger partial charge on any atom is 0.0480 e. The zero-order valence-electron chi connectivity index (χ0n) is 13.2. The number of benzene rings is 4. The van der Waals surface area contributed by atoms with Gasteiger partial charge in [-0.05, 0) is 46.2 Å². The molecule has 0 radical (unpaired) electrons. The number of halogens is 1. The lowest BCUT2D eigenvalue weighted by molar-refractivity contribution is 1.46. The summed E-state index contributed by atoms with van der Waals surface area (Å²) in [5.74, 6) is 0. The minimum absolute atomic E-state index is 0.722. The number of hydrogen-bond acceptors (Lipinski definition) is 2. The summed E-state index contributed by atoms with van der Waals surface area (Å²) in [6.45, 7) is 0. The maximum atomic E-state index is 6.64. The van der Waals surface area contributed by atoms with Gasteiger partial charge in [0.15, 0.2) is 0 Å². The number of thioether (sulfide) groups is 1. The highest BCUT2D eigenvalue weighted by Gasteiger charge is 2.16. The van der Waals surface area contributed by atoms with Gasteiger partial charge in [0.25, 0.3) is 0 Å². The summed E-state index contributed by atoms with van der Waals surface area (Å²) in [4.78, 5) is 1.17. The first-order valence-electron chi connectivity index (χ1n) is 7.73. The molecule has 4 aromatic rings. The van der Waals surface area contributed by atoms with E-state index in [4.69, 9.17) is 17.3 Å². The van der Waals surface area contributed by atoms with E-state index in [1.54, 1.807) is 11.8 Å². The van der Waals surface area contributed by atoms with Gasteiger partial charge in [-0.25, -0.2) is 0 Å². The van der Waals surface area contributed by atoms with Crippen molar-refractivity contribution < 1.29 is 0 Å². The number of anilines is 1. The number of hydrogen-bond donors (Lipinski definition) is 1. The Morgan fingerprint density at radius 1 is 0.792 bits per heavy atom. The molecule has 0 atom stereocenters. The first-order chi connectivity index (χ1) is 11.7. The quantitative estimate of drug-likeness (QED) is 0.250. The number of nitrogens with two attached hydrogens (primary N) is 1. The van der Waals surface area contributed by atoms with Crippen molar-refractivity contribution in [3.8, 4) is 11.1 Å². The predicted octanol–water partition coefficient (Wildman–Crippen LogP) is 6.62. The highest BCUT2D eigenvalue weighted by atomic mass is 35.5. The van der Waals surface area contributed by atoms with E-state index in [0.717, 1.165) is 32.6 Å². The molecule has 0 fully saturated rings. The summed E-state index contributed by atoms with van der Waals surface area (Å²) in [5, 5.41) is 5.36. The van der Waals surface area contributed by atoms with E-state index in [-0.39, 0.29) is 0 Å². The Morgan fingerprint density at radius 3 is 2.04 bits per heavy atom. The Labute approximate surface area is 150 Å². The standard InChI is InChI=1S/C21H16ClNS/c1-24-19-11-10-13(22)12-18(19)20-16-8-4-2-6-14(16)15-7-3-5-9-17(15)21(20)23/h2-12H,23H2,1H3. The lowest BCUT2D eigenvalue weighted by atomic mass is 9.91. The summed E-state index contributed by atoms with van der Waals surface area (Å²) in [6, 6.07) is 22.7. The molecule has 0 heterocycles. The molecule has 3 heteroatoms. The van der Waals surface area contributed by atoms with Crippen molar-refractivity contribution in [1.82, 2.24) is 0 Å². The van der Waals surface area contributed by atoms with Crippen LogP contribution < -0.4 is 5.73 Å². The van der Waals surface area contributed by atoms with Gasteiger partial charge in [0.1, 0.15) is 0 Å². The molecule has 0 saturated carbocycles. The van der Waals surface area contributed by atoms with Gasteiger partial charge in [-0.3, -0.25) is 0 Å². The van der Waals surface area contributed by atoms with E-state index in [0.29, 0.717) is 0 Å². The number of nitrogen functional groups attached to an aromatic ring is 1. The van der Waals surface area contributed by atoms with Crippen molar-refractivity contribution in [3.63, 3.8) is 0 Å². The second-order valence-corrected chi connectivity index (χ2v) is 7.01. The highest BCUT2D eigenvalue weighted by Crippen LogP contribution is 2.44. The van der Waals surface area contributed by atoms with Crippen molar-refractivity contribution >= 4 is 50.6 Å². The fourth-order valence-electron chi connectivity index (χ4n) is 3.33. The smallest absolute Gasteiger partial charge is 0.0480 e. The molecule has 2 N–H and O–H groups in total. The normalized spacial score (nSPS) is 11.2. The monoisotopic (exact) mass is 349 g/mol. The van der Waals surface area contributed by atoms with Crippen molar-refractivity contribution in [3.05, 3.63) is 71.8 Å². The summed E-state index contributed by atoms with van der Waals surface area (Å²) < 4.78 is 0. The Kier molecular flexibility index (Phi) is 3.87. The minimum atomic E-state index is 0.722. The van der Waals surface area contributed by atoms with E-state index in [9.17, 15) is 0 Å². The molecule has 0 saturated heterocycles. The van der Waals surface area contributed by atoms with Gasteiger partial charge < -0.3 is 5.73 Å². The number of fused-ring (bicyclic) bond motifs is 3. The zero-order chi connectivity index (χ0) is 16.7. The molecular weight excluding hydrogens is 334 g/mol. The Morgan fingerprint density at radius 2 is 1.38 bits per heavy atom. The zero-order valence-corrected chi connectivity index (χ0v) is 14.8. The van der Waals surface area contributed by atoms with Gasteiger partial charge in [0.2, 0.25) is 0 Å². The first kappa shape index (κ1) is 15.4. The lowest BCUT2D eigenvalue weighted by Gasteiger charge is -2.17. The van der Waals surface area contributed by atoms with Crippen molar-refractivity contribution in [2.75, 3.05) is 12.0 Å². The topological polar surface area (TPSA) is 26.0 Å². The average Bonchev–Trinajstić information content (AvgIpc) is 2.62. The van der Waals surface area contributed by atoms with Crippen LogP contribution in [0, 0.1) is 0 Å². The third-order valence-electron chi connectivity index (χ3n) is 4.40. The fraction of sp³-hybridized carbons (Fsp3) is 0.0476. The molecule has 118 valence electrons. The van der Waals surface area contributed by atoms with Crippen LogP contribution >= 0.6 is 23.4 Å². The van der Waals surface area contributed by atoms with Crippen LogP contribution in [0.4, 0.5) is 5.69 Å².